The molecular weight excluding hydrogens is 928 g/mol. The number of hydrogen-bond acceptors (Lipinski definition) is 2. The van der Waals surface area contributed by atoms with Crippen LogP contribution in [0, 0.1) is 0 Å². The number of rotatable bonds is 8. The van der Waals surface area contributed by atoms with Crippen LogP contribution in [0.2, 0.25) is 0 Å². The zero-order valence-electron chi connectivity index (χ0n) is 54.0. The minimum atomic E-state index is -0.476. The molecule has 0 aromatic heterocycles. The summed E-state index contributed by atoms with van der Waals surface area (Å²) in [5, 5.41) is 0. The Morgan fingerprint density at radius 3 is 1.00 bits per heavy atom. The predicted molar refractivity (Wildman–Crippen MR) is 330 cm³/mol. The third-order valence-corrected chi connectivity index (χ3v) is 15.4. The quantitative estimate of drug-likeness (QED) is 0.140. The Bertz CT molecular complexity index is 4280. The molecule has 0 saturated heterocycles. The number of nitrogens with zero attached hydrogens (tertiary/aromatic N) is 2. The highest BCUT2D eigenvalue weighted by Crippen LogP contribution is 2.49. The molecule has 2 aliphatic heterocycles. The molecule has 11 aromatic carbocycles. The first-order valence-electron chi connectivity index (χ1n) is 31.4. The highest BCUT2D eigenvalue weighted by molar-refractivity contribution is 7.00. The monoisotopic (exact) mass is 999 g/mol. The Hall–Kier alpha value is -8.92. The number of hydrogen-bond donors (Lipinski definition) is 0. The maximum Gasteiger partial charge on any atom is 0.252 e. The van der Waals surface area contributed by atoms with Crippen molar-refractivity contribution in [1.82, 2.24) is 0 Å². The average molecular weight is 999 g/mol. The molecular formula is C74H61BN2. The largest absolute Gasteiger partial charge is 0.311 e. The van der Waals surface area contributed by atoms with Crippen LogP contribution >= 0.6 is 0 Å². The van der Waals surface area contributed by atoms with Crippen LogP contribution in [0.25, 0.3) is 66.8 Å². The lowest BCUT2D eigenvalue weighted by atomic mass is 9.33. The van der Waals surface area contributed by atoms with E-state index in [9.17, 15) is 5.48 Å². The number of anilines is 6. The Morgan fingerprint density at radius 2 is 0.623 bits per heavy atom. The molecule has 2 aliphatic rings. The van der Waals surface area contributed by atoms with Crippen LogP contribution in [-0.2, 0) is 10.8 Å². The smallest absolute Gasteiger partial charge is 0.252 e. The van der Waals surface area contributed by atoms with Crippen molar-refractivity contribution in [3.8, 4) is 66.8 Å². The van der Waals surface area contributed by atoms with Gasteiger partial charge in [0.05, 0.1) is 25.1 Å². The molecule has 77 heavy (non-hydrogen) atoms. The Labute approximate surface area is 469 Å². The van der Waals surface area contributed by atoms with Gasteiger partial charge in [-0.05, 0) is 130 Å². The lowest BCUT2D eigenvalue weighted by Crippen LogP contribution is -2.61. The van der Waals surface area contributed by atoms with Gasteiger partial charge in [-0.2, -0.15) is 0 Å². The standard InChI is InChI=1S/C74H61BN2/c1-73(2,3)56-42-36-52(37-43-56)58-26-13-15-28-60(58)54-40-46-68-64(48-54)75-65-49-55(61-29-16-14-27-59(61)53-38-44-57(45-39-53)74(4,5)6)41-47-69(65)77(67-33-20-18-31-63(67)51-24-11-8-12-25-51)71-35-21-34-70(72(71)75)76(68)66-32-19-17-30-62(66)50-22-9-7-10-23-50/h7-49H,1-6H3/i7D,8D,9D,10D,11D,12D,22D,23D,24D,25D. The molecule has 13 rings (SSSR count). The van der Waals surface area contributed by atoms with Gasteiger partial charge in [-0.25, -0.2) is 0 Å². The summed E-state index contributed by atoms with van der Waals surface area (Å²) < 4.78 is 89.9. The molecule has 0 radical (unpaired) electrons. The highest BCUT2D eigenvalue weighted by Gasteiger charge is 2.44. The number of para-hydroxylation sites is 2. The topological polar surface area (TPSA) is 6.48 Å². The maximum atomic E-state index is 9.33. The molecule has 0 spiro atoms. The molecule has 0 atom stereocenters. The summed E-state index contributed by atoms with van der Waals surface area (Å²) in [6.45, 7) is 12.8. The fraction of sp³-hybridized carbons (Fsp3) is 0.108. The second-order valence-electron chi connectivity index (χ2n) is 22.1. The Morgan fingerprint density at radius 1 is 0.299 bits per heavy atom. The zero-order chi connectivity index (χ0) is 61.1. The van der Waals surface area contributed by atoms with E-state index < -0.39 is 43.0 Å². The van der Waals surface area contributed by atoms with Gasteiger partial charge in [0.1, 0.15) is 0 Å². The first-order chi connectivity index (χ1) is 41.6. The molecule has 0 unspecified atom stereocenters. The minimum absolute atomic E-state index is 0.0355. The van der Waals surface area contributed by atoms with Gasteiger partial charge in [0.15, 0.2) is 0 Å². The van der Waals surface area contributed by atoms with E-state index in [0.29, 0.717) is 22.5 Å². The first-order valence-corrected chi connectivity index (χ1v) is 26.4. The van der Waals surface area contributed by atoms with Crippen molar-refractivity contribution < 1.29 is 13.7 Å². The van der Waals surface area contributed by atoms with Crippen molar-refractivity contribution in [1.29, 1.82) is 0 Å². The van der Waals surface area contributed by atoms with Crippen LogP contribution in [-0.4, -0.2) is 6.71 Å². The van der Waals surface area contributed by atoms with Crippen molar-refractivity contribution in [2.24, 2.45) is 0 Å². The fourth-order valence-corrected chi connectivity index (χ4v) is 11.6. The Balaban J connectivity index is 1.12. The van der Waals surface area contributed by atoms with E-state index >= 15 is 0 Å². The first kappa shape index (κ1) is 37.8. The lowest BCUT2D eigenvalue weighted by molar-refractivity contribution is 0.590. The van der Waals surface area contributed by atoms with Crippen molar-refractivity contribution in [3.63, 3.8) is 0 Å². The second kappa shape index (κ2) is 19.0. The van der Waals surface area contributed by atoms with Crippen LogP contribution in [0.1, 0.15) is 66.4 Å². The summed E-state index contributed by atoms with van der Waals surface area (Å²) in [4.78, 5) is 4.32. The van der Waals surface area contributed by atoms with E-state index in [1.54, 1.807) is 0 Å². The highest BCUT2D eigenvalue weighted by atomic mass is 15.2. The summed E-state index contributed by atoms with van der Waals surface area (Å²) in [6, 6.07) is 64.9. The number of benzene rings is 11. The van der Waals surface area contributed by atoms with E-state index in [2.05, 4.69) is 197 Å². The summed E-state index contributed by atoms with van der Waals surface area (Å²) in [6.07, 6.45) is 0. The molecule has 11 aromatic rings. The normalized spacial score (nSPS) is 14.5. The van der Waals surface area contributed by atoms with Crippen molar-refractivity contribution in [2.75, 3.05) is 9.80 Å². The van der Waals surface area contributed by atoms with E-state index in [-0.39, 0.29) is 46.1 Å². The van der Waals surface area contributed by atoms with Crippen LogP contribution < -0.4 is 26.2 Å². The molecule has 3 heteroatoms. The van der Waals surface area contributed by atoms with Crippen molar-refractivity contribution in [3.05, 3.63) is 272 Å². The summed E-state index contributed by atoms with van der Waals surface area (Å²) >= 11 is 0. The minimum Gasteiger partial charge on any atom is -0.311 e. The van der Waals surface area contributed by atoms with E-state index in [1.165, 1.54) is 11.1 Å². The molecule has 370 valence electrons. The van der Waals surface area contributed by atoms with Gasteiger partial charge in [0, 0.05) is 33.9 Å². The van der Waals surface area contributed by atoms with Gasteiger partial charge in [0.2, 0.25) is 0 Å². The van der Waals surface area contributed by atoms with Crippen LogP contribution in [0.3, 0.4) is 0 Å². The third-order valence-electron chi connectivity index (χ3n) is 15.4. The molecule has 0 aliphatic carbocycles. The van der Waals surface area contributed by atoms with Gasteiger partial charge in [0.25, 0.3) is 6.71 Å². The summed E-state index contributed by atoms with van der Waals surface area (Å²) in [5.41, 5.74) is 18.9. The molecule has 0 bridgehead atoms. The van der Waals surface area contributed by atoms with Gasteiger partial charge in [-0.1, -0.05) is 266 Å². The van der Waals surface area contributed by atoms with Crippen LogP contribution in [0.4, 0.5) is 34.1 Å². The van der Waals surface area contributed by atoms with Gasteiger partial charge < -0.3 is 9.80 Å². The SMILES string of the molecule is [2H]c1c([2H])c([2H])c(-c2ccccc2N2c3ccc(-c4ccccc4-c4ccc(C(C)(C)C)cc4)cc3B3c4cc(-c5ccccc5-c5ccc(C(C)(C)C)cc5)ccc4N(c4ccccc4-c4c([2H])c([2H])c([2H])c([2H])c4[2H])c4cccc2c43)c([2H])c1[2H]. The number of fused-ring (bicyclic) bond motifs is 4. The molecule has 0 saturated carbocycles. The zero-order valence-corrected chi connectivity index (χ0v) is 44.0. The van der Waals surface area contributed by atoms with Gasteiger partial charge in [-0.3, -0.25) is 0 Å². The average Bonchev–Trinajstić information content (AvgIpc) is 0.711. The van der Waals surface area contributed by atoms with E-state index in [0.717, 1.165) is 83.6 Å². The molecule has 0 amide bonds. The van der Waals surface area contributed by atoms with Crippen molar-refractivity contribution >= 4 is 57.2 Å². The lowest BCUT2D eigenvalue weighted by Gasteiger charge is -2.45. The van der Waals surface area contributed by atoms with Crippen LogP contribution in [0.5, 0.6) is 0 Å². The van der Waals surface area contributed by atoms with Crippen LogP contribution in [0.15, 0.2) is 261 Å². The third kappa shape index (κ3) is 8.48. The molecule has 0 fully saturated rings. The Kier molecular flexibility index (Phi) is 9.33. The van der Waals surface area contributed by atoms with Gasteiger partial charge in [-0.15, -0.1) is 0 Å². The molecule has 0 N–H and O–H groups in total. The van der Waals surface area contributed by atoms with E-state index in [1.807, 2.05) is 54.6 Å². The summed E-state index contributed by atoms with van der Waals surface area (Å²) in [7, 11) is 0. The predicted octanol–water partition coefficient (Wildman–Crippen LogP) is 18.4. The van der Waals surface area contributed by atoms with Gasteiger partial charge >= 0.3 is 0 Å². The molecule has 2 heterocycles. The fourth-order valence-electron chi connectivity index (χ4n) is 11.6. The van der Waals surface area contributed by atoms with E-state index in [4.69, 9.17) is 8.22 Å². The maximum absolute atomic E-state index is 9.33. The second-order valence-corrected chi connectivity index (χ2v) is 22.1. The summed E-state index contributed by atoms with van der Waals surface area (Å²) in [5.74, 6) is 0. The van der Waals surface area contributed by atoms with Crippen molar-refractivity contribution in [2.45, 2.75) is 52.4 Å². The molecule has 2 nitrogen and oxygen atoms in total.